The van der Waals surface area contributed by atoms with Crippen molar-refractivity contribution in [2.24, 2.45) is 0 Å². The van der Waals surface area contributed by atoms with Gasteiger partial charge in [0.05, 0.1) is 0 Å². The van der Waals surface area contributed by atoms with Gasteiger partial charge in [-0.1, -0.05) is 36.1 Å². The SMILES string of the molecule is C1=C(CCCCCCC2=CC2)C1. The quantitative estimate of drug-likeness (QED) is 0.392. The van der Waals surface area contributed by atoms with Gasteiger partial charge in [-0.2, -0.15) is 0 Å². The summed E-state index contributed by atoms with van der Waals surface area (Å²) in [6.45, 7) is 0. The lowest BCUT2D eigenvalue weighted by Crippen LogP contribution is -1.78. The topological polar surface area (TPSA) is 0 Å². The van der Waals surface area contributed by atoms with Gasteiger partial charge in [0, 0.05) is 0 Å². The van der Waals surface area contributed by atoms with Crippen LogP contribution in [0.25, 0.3) is 0 Å². The highest BCUT2D eigenvalue weighted by molar-refractivity contribution is 5.21. The predicted octanol–water partition coefficient (Wildman–Crippen LogP) is 3.99. The number of unbranched alkanes of at least 4 members (excludes halogenated alkanes) is 3. The fraction of sp³-hybridized carbons (Fsp3) is 0.667. The third kappa shape index (κ3) is 3.25. The summed E-state index contributed by atoms with van der Waals surface area (Å²) in [4.78, 5) is 0. The third-order valence-electron chi connectivity index (χ3n) is 2.73. The molecular formula is C12H18. The van der Waals surface area contributed by atoms with Crippen LogP contribution in [0.1, 0.15) is 51.4 Å². The Balaban J connectivity index is 1.35. The third-order valence-corrected chi connectivity index (χ3v) is 2.73. The maximum absolute atomic E-state index is 2.36. The fourth-order valence-corrected chi connectivity index (χ4v) is 1.61. The van der Waals surface area contributed by atoms with E-state index in [1.165, 1.54) is 51.4 Å². The second kappa shape index (κ2) is 3.93. The number of hydrogen-bond acceptors (Lipinski definition) is 0. The van der Waals surface area contributed by atoms with Crippen molar-refractivity contribution < 1.29 is 0 Å². The molecule has 0 N–H and O–H groups in total. The second-order valence-electron chi connectivity index (χ2n) is 4.05. The summed E-state index contributed by atoms with van der Waals surface area (Å²) in [5, 5.41) is 0. The van der Waals surface area contributed by atoms with E-state index in [2.05, 4.69) is 12.2 Å². The smallest absolute Gasteiger partial charge is 0.0136 e. The molecule has 0 bridgehead atoms. The fourth-order valence-electron chi connectivity index (χ4n) is 1.61. The normalized spacial score (nSPS) is 18.7. The van der Waals surface area contributed by atoms with E-state index in [1.807, 2.05) is 0 Å². The molecule has 0 fully saturated rings. The summed E-state index contributed by atoms with van der Waals surface area (Å²) < 4.78 is 0. The van der Waals surface area contributed by atoms with Crippen molar-refractivity contribution in [3.63, 3.8) is 0 Å². The van der Waals surface area contributed by atoms with Crippen LogP contribution in [0.2, 0.25) is 0 Å². The summed E-state index contributed by atoms with van der Waals surface area (Å²) in [6, 6.07) is 0. The average molecular weight is 162 g/mol. The lowest BCUT2D eigenvalue weighted by Gasteiger charge is -1.97. The minimum Gasteiger partial charge on any atom is -0.0810 e. The summed E-state index contributed by atoms with van der Waals surface area (Å²) >= 11 is 0. The molecular weight excluding hydrogens is 144 g/mol. The van der Waals surface area contributed by atoms with E-state index in [9.17, 15) is 0 Å². The van der Waals surface area contributed by atoms with Gasteiger partial charge >= 0.3 is 0 Å². The molecule has 0 saturated heterocycles. The Labute approximate surface area is 75.4 Å². The molecule has 66 valence electrons. The monoisotopic (exact) mass is 162 g/mol. The van der Waals surface area contributed by atoms with Crippen LogP contribution >= 0.6 is 0 Å². The zero-order chi connectivity index (χ0) is 8.23. The highest BCUT2D eigenvalue weighted by Crippen LogP contribution is 2.27. The molecule has 2 aliphatic carbocycles. The van der Waals surface area contributed by atoms with Crippen LogP contribution in [0.4, 0.5) is 0 Å². The first-order chi connectivity index (χ1) is 5.95. The van der Waals surface area contributed by atoms with E-state index in [4.69, 9.17) is 0 Å². The lowest BCUT2D eigenvalue weighted by molar-refractivity contribution is 0.643. The predicted molar refractivity (Wildman–Crippen MR) is 53.1 cm³/mol. The van der Waals surface area contributed by atoms with Gasteiger partial charge in [-0.25, -0.2) is 0 Å². The maximum atomic E-state index is 2.36. The second-order valence-corrected chi connectivity index (χ2v) is 4.05. The van der Waals surface area contributed by atoms with Crippen LogP contribution in [0.3, 0.4) is 0 Å². The van der Waals surface area contributed by atoms with E-state index >= 15 is 0 Å². The Morgan fingerprint density at radius 2 is 1.17 bits per heavy atom. The molecule has 2 aliphatic rings. The Morgan fingerprint density at radius 3 is 1.50 bits per heavy atom. The first-order valence-electron chi connectivity index (χ1n) is 5.31. The van der Waals surface area contributed by atoms with Crippen LogP contribution in [0.15, 0.2) is 23.3 Å². The minimum absolute atomic E-state index is 1.33. The molecule has 0 aromatic heterocycles. The molecule has 12 heavy (non-hydrogen) atoms. The van der Waals surface area contributed by atoms with Crippen molar-refractivity contribution in [1.82, 2.24) is 0 Å². The molecule has 2 rings (SSSR count). The molecule has 0 aromatic carbocycles. The zero-order valence-corrected chi connectivity index (χ0v) is 7.81. The van der Waals surface area contributed by atoms with Crippen LogP contribution < -0.4 is 0 Å². The molecule has 0 amide bonds. The maximum Gasteiger partial charge on any atom is -0.0136 e. The van der Waals surface area contributed by atoms with Crippen molar-refractivity contribution in [3.8, 4) is 0 Å². The van der Waals surface area contributed by atoms with Gasteiger partial charge in [-0.15, -0.1) is 0 Å². The largest absolute Gasteiger partial charge is 0.0810 e. The van der Waals surface area contributed by atoms with Crippen molar-refractivity contribution in [2.45, 2.75) is 51.4 Å². The van der Waals surface area contributed by atoms with Crippen molar-refractivity contribution >= 4 is 0 Å². The highest BCUT2D eigenvalue weighted by Gasteiger charge is 2.07. The van der Waals surface area contributed by atoms with Crippen LogP contribution in [-0.4, -0.2) is 0 Å². The van der Waals surface area contributed by atoms with Gasteiger partial charge in [0.2, 0.25) is 0 Å². The molecule has 0 heterocycles. The first-order valence-corrected chi connectivity index (χ1v) is 5.31. The molecule has 0 aromatic rings. The van der Waals surface area contributed by atoms with E-state index in [-0.39, 0.29) is 0 Å². The summed E-state index contributed by atoms with van der Waals surface area (Å²) in [5.74, 6) is 0. The van der Waals surface area contributed by atoms with E-state index in [0.29, 0.717) is 0 Å². The van der Waals surface area contributed by atoms with Gasteiger partial charge in [0.15, 0.2) is 0 Å². The Hall–Kier alpha value is -0.520. The van der Waals surface area contributed by atoms with Crippen molar-refractivity contribution in [1.29, 1.82) is 0 Å². The van der Waals surface area contributed by atoms with Gasteiger partial charge < -0.3 is 0 Å². The number of allylic oxidation sites excluding steroid dienone is 4. The summed E-state index contributed by atoms with van der Waals surface area (Å²) in [7, 11) is 0. The zero-order valence-electron chi connectivity index (χ0n) is 7.81. The number of hydrogen-bond donors (Lipinski definition) is 0. The Bertz CT molecular complexity index is 184. The molecule has 0 aliphatic heterocycles. The van der Waals surface area contributed by atoms with Gasteiger partial charge in [-0.3, -0.25) is 0 Å². The molecule has 0 radical (unpaired) electrons. The van der Waals surface area contributed by atoms with Gasteiger partial charge in [0.1, 0.15) is 0 Å². The van der Waals surface area contributed by atoms with Crippen molar-refractivity contribution in [2.75, 3.05) is 0 Å². The highest BCUT2D eigenvalue weighted by atomic mass is 14.1. The molecule has 0 spiro atoms. The standard InChI is InChI=1S/C12H18/c1(3-5-11-7-8-11)2-4-6-12-9-10-12/h7,9H,1-6,8,10H2. The van der Waals surface area contributed by atoms with E-state index in [1.54, 1.807) is 11.1 Å². The van der Waals surface area contributed by atoms with Gasteiger partial charge in [-0.05, 0) is 38.5 Å². The Kier molecular flexibility index (Phi) is 2.65. The van der Waals surface area contributed by atoms with E-state index < -0.39 is 0 Å². The minimum atomic E-state index is 1.33. The van der Waals surface area contributed by atoms with Crippen LogP contribution in [0, 0.1) is 0 Å². The Morgan fingerprint density at radius 1 is 0.750 bits per heavy atom. The average Bonchev–Trinajstić information content (AvgIpc) is 2.89. The summed E-state index contributed by atoms with van der Waals surface area (Å²) in [6.07, 6.45) is 15.9. The first kappa shape index (κ1) is 8.10. The molecule has 0 heteroatoms. The summed E-state index contributed by atoms with van der Waals surface area (Å²) in [5.41, 5.74) is 3.42. The molecule has 0 saturated carbocycles. The van der Waals surface area contributed by atoms with Gasteiger partial charge in [0.25, 0.3) is 0 Å². The number of rotatable bonds is 7. The molecule has 0 nitrogen and oxygen atoms in total. The van der Waals surface area contributed by atoms with E-state index in [0.717, 1.165) is 0 Å². The lowest BCUT2D eigenvalue weighted by atomic mass is 10.1. The van der Waals surface area contributed by atoms with Crippen LogP contribution in [0.5, 0.6) is 0 Å². The molecule has 0 atom stereocenters. The van der Waals surface area contributed by atoms with Crippen molar-refractivity contribution in [3.05, 3.63) is 23.3 Å². The molecule has 0 unspecified atom stereocenters. The van der Waals surface area contributed by atoms with Crippen LogP contribution in [-0.2, 0) is 0 Å².